The molecule has 126 valence electrons. The van der Waals surface area contributed by atoms with Gasteiger partial charge in [0.2, 0.25) is 0 Å². The van der Waals surface area contributed by atoms with Crippen LogP contribution in [0.1, 0.15) is 30.0 Å². The Bertz CT molecular complexity index is 753. The van der Waals surface area contributed by atoms with Gasteiger partial charge in [0.05, 0.1) is 0 Å². The quantitative estimate of drug-likeness (QED) is 0.940. The van der Waals surface area contributed by atoms with Gasteiger partial charge in [-0.15, -0.1) is 0 Å². The molecule has 24 heavy (non-hydrogen) atoms. The molecule has 1 aromatic heterocycles. The standard InChI is InChI=1S/C20H25N3O/c1-22(2)18-7-5-16(6-8-18)3-4-17-11-14-23(20(24)15-17)19-9-12-21-13-10-19/h3-8,11,14-15,19,21H,9-10,12-13H2,1-2H3/b4-3+. The summed E-state index contributed by atoms with van der Waals surface area (Å²) in [5.74, 6) is 0. The van der Waals surface area contributed by atoms with Gasteiger partial charge in [-0.05, 0) is 55.3 Å². The van der Waals surface area contributed by atoms with Gasteiger partial charge in [-0.3, -0.25) is 4.79 Å². The highest BCUT2D eigenvalue weighted by Gasteiger charge is 2.15. The Balaban J connectivity index is 1.73. The van der Waals surface area contributed by atoms with E-state index < -0.39 is 0 Å². The van der Waals surface area contributed by atoms with Crippen LogP contribution >= 0.6 is 0 Å². The monoisotopic (exact) mass is 323 g/mol. The molecule has 1 aliphatic heterocycles. The summed E-state index contributed by atoms with van der Waals surface area (Å²) in [4.78, 5) is 14.5. The highest BCUT2D eigenvalue weighted by molar-refractivity contribution is 5.70. The first-order valence-electron chi connectivity index (χ1n) is 8.52. The van der Waals surface area contributed by atoms with Gasteiger partial charge in [-0.25, -0.2) is 0 Å². The molecule has 0 bridgehead atoms. The summed E-state index contributed by atoms with van der Waals surface area (Å²) in [7, 11) is 4.06. The van der Waals surface area contributed by atoms with Crippen LogP contribution in [-0.4, -0.2) is 31.8 Å². The number of nitrogens with one attached hydrogen (secondary N) is 1. The average Bonchev–Trinajstić information content (AvgIpc) is 2.61. The summed E-state index contributed by atoms with van der Waals surface area (Å²) < 4.78 is 1.88. The zero-order valence-corrected chi connectivity index (χ0v) is 14.4. The molecule has 0 radical (unpaired) electrons. The van der Waals surface area contributed by atoms with Crippen LogP contribution in [0.4, 0.5) is 5.69 Å². The molecule has 0 unspecified atom stereocenters. The maximum Gasteiger partial charge on any atom is 0.251 e. The van der Waals surface area contributed by atoms with Crippen LogP contribution < -0.4 is 15.8 Å². The zero-order valence-electron chi connectivity index (χ0n) is 14.4. The Morgan fingerprint density at radius 2 is 1.71 bits per heavy atom. The first-order valence-corrected chi connectivity index (χ1v) is 8.52. The van der Waals surface area contributed by atoms with Crippen molar-refractivity contribution in [2.45, 2.75) is 18.9 Å². The van der Waals surface area contributed by atoms with E-state index in [1.165, 1.54) is 5.69 Å². The number of piperidine rings is 1. The molecule has 4 heteroatoms. The van der Waals surface area contributed by atoms with Crippen molar-refractivity contribution in [3.8, 4) is 0 Å². The summed E-state index contributed by atoms with van der Waals surface area (Å²) in [6, 6.07) is 12.4. The highest BCUT2D eigenvalue weighted by atomic mass is 16.1. The second kappa shape index (κ2) is 7.49. The fraction of sp³-hybridized carbons (Fsp3) is 0.350. The van der Waals surface area contributed by atoms with Crippen LogP contribution in [0.2, 0.25) is 0 Å². The molecule has 4 nitrogen and oxygen atoms in total. The number of rotatable bonds is 4. The Kier molecular flexibility index (Phi) is 5.16. The molecule has 2 heterocycles. The number of hydrogen-bond acceptors (Lipinski definition) is 3. The summed E-state index contributed by atoms with van der Waals surface area (Å²) >= 11 is 0. The second-order valence-electron chi connectivity index (χ2n) is 6.51. The van der Waals surface area contributed by atoms with Gasteiger partial charge in [0, 0.05) is 38.1 Å². The molecule has 1 N–H and O–H groups in total. The van der Waals surface area contributed by atoms with Crippen molar-refractivity contribution in [2.24, 2.45) is 0 Å². The van der Waals surface area contributed by atoms with Gasteiger partial charge in [0.1, 0.15) is 0 Å². The normalized spacial score (nSPS) is 15.8. The van der Waals surface area contributed by atoms with E-state index in [9.17, 15) is 4.79 Å². The Morgan fingerprint density at radius 3 is 2.33 bits per heavy atom. The maximum absolute atomic E-state index is 12.4. The Hall–Kier alpha value is -2.33. The molecule has 3 rings (SSSR count). The van der Waals surface area contributed by atoms with Crippen molar-refractivity contribution in [1.29, 1.82) is 0 Å². The van der Waals surface area contributed by atoms with Crippen LogP contribution in [0.5, 0.6) is 0 Å². The molecule has 0 saturated carbocycles. The molecular weight excluding hydrogens is 298 g/mol. The number of aromatic nitrogens is 1. The van der Waals surface area contributed by atoms with Gasteiger partial charge in [0.15, 0.2) is 0 Å². The third-order valence-electron chi connectivity index (χ3n) is 4.55. The third-order valence-corrected chi connectivity index (χ3v) is 4.55. The van der Waals surface area contributed by atoms with Crippen LogP contribution in [0.3, 0.4) is 0 Å². The lowest BCUT2D eigenvalue weighted by atomic mass is 10.1. The molecule has 2 aromatic rings. The number of pyridine rings is 1. The largest absolute Gasteiger partial charge is 0.378 e. The van der Waals surface area contributed by atoms with E-state index in [1.54, 1.807) is 6.07 Å². The maximum atomic E-state index is 12.4. The lowest BCUT2D eigenvalue weighted by molar-refractivity contribution is 0.361. The first-order chi connectivity index (χ1) is 11.6. The van der Waals surface area contributed by atoms with E-state index in [2.05, 4.69) is 34.5 Å². The molecule has 0 spiro atoms. The SMILES string of the molecule is CN(C)c1ccc(/C=C/c2ccn(C3CCNCC3)c(=O)c2)cc1. The van der Waals surface area contributed by atoms with Crippen LogP contribution in [-0.2, 0) is 0 Å². The fourth-order valence-electron chi connectivity index (χ4n) is 3.07. The summed E-state index contributed by atoms with van der Waals surface area (Å²) in [5.41, 5.74) is 3.34. The van der Waals surface area contributed by atoms with Gasteiger partial charge >= 0.3 is 0 Å². The minimum atomic E-state index is 0.0898. The van der Waals surface area contributed by atoms with E-state index >= 15 is 0 Å². The Morgan fingerprint density at radius 1 is 1.04 bits per heavy atom. The van der Waals surface area contributed by atoms with E-state index in [1.807, 2.05) is 43.1 Å². The van der Waals surface area contributed by atoms with Crippen LogP contribution in [0.25, 0.3) is 12.2 Å². The smallest absolute Gasteiger partial charge is 0.251 e. The molecule has 1 aromatic carbocycles. The highest BCUT2D eigenvalue weighted by Crippen LogP contribution is 2.17. The van der Waals surface area contributed by atoms with E-state index in [4.69, 9.17) is 0 Å². The second-order valence-corrected chi connectivity index (χ2v) is 6.51. The molecule has 1 saturated heterocycles. The van der Waals surface area contributed by atoms with Crippen LogP contribution in [0.15, 0.2) is 47.4 Å². The van der Waals surface area contributed by atoms with Gasteiger partial charge < -0.3 is 14.8 Å². The molecule has 0 aliphatic carbocycles. The van der Waals surface area contributed by atoms with Crippen molar-refractivity contribution >= 4 is 17.8 Å². The summed E-state index contributed by atoms with van der Waals surface area (Å²) in [5, 5.41) is 3.34. The first kappa shape index (κ1) is 16.5. The van der Waals surface area contributed by atoms with Crippen LogP contribution in [0, 0.1) is 0 Å². The number of benzene rings is 1. The van der Waals surface area contributed by atoms with E-state index in [-0.39, 0.29) is 5.56 Å². The topological polar surface area (TPSA) is 37.3 Å². The third kappa shape index (κ3) is 3.95. The zero-order chi connectivity index (χ0) is 16.9. The number of hydrogen-bond donors (Lipinski definition) is 1. The van der Waals surface area contributed by atoms with Crippen molar-refractivity contribution in [1.82, 2.24) is 9.88 Å². The molecular formula is C20H25N3O. The van der Waals surface area contributed by atoms with Crippen molar-refractivity contribution < 1.29 is 0 Å². The fourth-order valence-corrected chi connectivity index (χ4v) is 3.07. The predicted octanol–water partition coefficient (Wildman–Crippen LogP) is 3.01. The van der Waals surface area contributed by atoms with Gasteiger partial charge in [0.25, 0.3) is 5.56 Å². The average molecular weight is 323 g/mol. The molecule has 0 atom stereocenters. The molecule has 1 fully saturated rings. The van der Waals surface area contributed by atoms with Crippen molar-refractivity contribution in [3.63, 3.8) is 0 Å². The minimum absolute atomic E-state index is 0.0898. The van der Waals surface area contributed by atoms with E-state index in [0.717, 1.165) is 37.1 Å². The Labute approximate surface area is 143 Å². The minimum Gasteiger partial charge on any atom is -0.378 e. The van der Waals surface area contributed by atoms with Gasteiger partial charge in [-0.1, -0.05) is 24.3 Å². The summed E-state index contributed by atoms with van der Waals surface area (Å²) in [6.07, 6.45) is 8.02. The summed E-state index contributed by atoms with van der Waals surface area (Å²) in [6.45, 7) is 1.98. The number of anilines is 1. The van der Waals surface area contributed by atoms with E-state index in [0.29, 0.717) is 6.04 Å². The lowest BCUT2D eigenvalue weighted by Gasteiger charge is -2.24. The van der Waals surface area contributed by atoms with Crippen molar-refractivity contribution in [2.75, 3.05) is 32.1 Å². The number of nitrogens with zero attached hydrogens (tertiary/aromatic N) is 2. The molecule has 1 aliphatic rings. The lowest BCUT2D eigenvalue weighted by Crippen LogP contribution is -2.33. The predicted molar refractivity (Wildman–Crippen MR) is 102 cm³/mol. The van der Waals surface area contributed by atoms with Gasteiger partial charge in [-0.2, -0.15) is 0 Å². The van der Waals surface area contributed by atoms with Crippen molar-refractivity contribution in [3.05, 3.63) is 64.1 Å². The molecule has 0 amide bonds.